The molecule has 0 aliphatic heterocycles. The predicted molar refractivity (Wildman–Crippen MR) is 168 cm³/mol. The van der Waals surface area contributed by atoms with Crippen LogP contribution in [0.1, 0.15) is 110 Å². The van der Waals surface area contributed by atoms with Gasteiger partial charge in [-0.05, 0) is 51.4 Å². The molecule has 0 bridgehead atoms. The zero-order valence-electron chi connectivity index (χ0n) is 26.7. The number of aliphatic hydroxyl groups is 1. The molecule has 0 aliphatic carbocycles. The van der Waals surface area contributed by atoms with Crippen LogP contribution in [0, 0.1) is 0 Å². The van der Waals surface area contributed by atoms with E-state index in [0.29, 0.717) is 17.4 Å². The summed E-state index contributed by atoms with van der Waals surface area (Å²) in [6, 6.07) is -0.902. The predicted octanol–water partition coefficient (Wildman–Crippen LogP) is 6.60. The van der Waals surface area contributed by atoms with Gasteiger partial charge in [0, 0.05) is 6.42 Å². The van der Waals surface area contributed by atoms with Gasteiger partial charge in [0.25, 0.3) is 7.82 Å². The third-order valence-electron chi connectivity index (χ3n) is 6.57. The average Bonchev–Trinajstić information content (AvgIpc) is 2.90. The Labute approximate surface area is 251 Å². The number of aliphatic hydroxyl groups excluding tert-OH is 1. The second-order valence-corrected chi connectivity index (χ2v) is 13.2. The summed E-state index contributed by atoms with van der Waals surface area (Å²) in [5, 5.41) is 13.5. The number of nitrogens with zero attached hydrogens (tertiary/aromatic N) is 1. The molecule has 0 radical (unpaired) electrons. The van der Waals surface area contributed by atoms with E-state index >= 15 is 0 Å². The van der Waals surface area contributed by atoms with Crippen LogP contribution in [0.25, 0.3) is 0 Å². The summed E-state index contributed by atoms with van der Waals surface area (Å²) in [5.41, 5.74) is 0. The fraction of sp³-hybridized carbons (Fsp3) is 0.781. The highest BCUT2D eigenvalue weighted by molar-refractivity contribution is 7.45. The van der Waals surface area contributed by atoms with Crippen LogP contribution in [0.2, 0.25) is 0 Å². The Hall–Kier alpha value is -1.28. The fourth-order valence-corrected chi connectivity index (χ4v) is 4.63. The number of amides is 1. The van der Waals surface area contributed by atoms with Gasteiger partial charge >= 0.3 is 0 Å². The first-order valence-electron chi connectivity index (χ1n) is 15.9. The van der Waals surface area contributed by atoms with Gasteiger partial charge in [-0.3, -0.25) is 9.36 Å². The molecule has 3 atom stereocenters. The van der Waals surface area contributed by atoms with E-state index in [1.807, 2.05) is 27.2 Å². The zero-order chi connectivity index (χ0) is 30.8. The number of phosphoric ester groups is 1. The van der Waals surface area contributed by atoms with Gasteiger partial charge in [0.2, 0.25) is 5.91 Å². The highest BCUT2D eigenvalue weighted by atomic mass is 31.2. The van der Waals surface area contributed by atoms with E-state index in [1.54, 1.807) is 6.08 Å². The van der Waals surface area contributed by atoms with Crippen LogP contribution in [0.3, 0.4) is 0 Å². The summed E-state index contributed by atoms with van der Waals surface area (Å²) in [6.07, 6.45) is 26.3. The summed E-state index contributed by atoms with van der Waals surface area (Å²) in [5.74, 6) is -0.229. The molecule has 3 unspecified atom stereocenters. The smallest absolute Gasteiger partial charge is 0.268 e. The van der Waals surface area contributed by atoms with Gasteiger partial charge in [-0.2, -0.15) is 0 Å². The molecule has 0 rings (SSSR count). The van der Waals surface area contributed by atoms with Crippen molar-refractivity contribution in [3.8, 4) is 0 Å². The molecule has 0 saturated heterocycles. The maximum Gasteiger partial charge on any atom is 0.268 e. The lowest BCUT2D eigenvalue weighted by molar-refractivity contribution is -0.870. The van der Waals surface area contributed by atoms with Crippen LogP contribution in [-0.2, 0) is 18.4 Å². The monoisotopic (exact) mass is 600 g/mol. The van der Waals surface area contributed by atoms with E-state index < -0.39 is 26.6 Å². The molecule has 0 saturated carbocycles. The van der Waals surface area contributed by atoms with Crippen molar-refractivity contribution in [3.63, 3.8) is 0 Å². The summed E-state index contributed by atoms with van der Waals surface area (Å²) in [6.45, 7) is 4.46. The number of phosphoric acid groups is 1. The van der Waals surface area contributed by atoms with Crippen LogP contribution < -0.4 is 10.2 Å². The number of quaternary nitrogens is 1. The number of nitrogens with one attached hydrogen (secondary N) is 1. The number of hydrogen-bond acceptors (Lipinski definition) is 6. The number of allylic oxidation sites excluding steroid dienone is 5. The Morgan fingerprint density at radius 1 is 0.829 bits per heavy atom. The number of unbranched alkanes of at least 4 members (excludes halogenated alkanes) is 10. The first-order valence-corrected chi connectivity index (χ1v) is 17.3. The number of hydrogen-bond donors (Lipinski definition) is 2. The van der Waals surface area contributed by atoms with Gasteiger partial charge in [-0.25, -0.2) is 0 Å². The highest BCUT2D eigenvalue weighted by Crippen LogP contribution is 2.38. The van der Waals surface area contributed by atoms with Gasteiger partial charge in [0.05, 0.1) is 39.9 Å². The van der Waals surface area contributed by atoms with Crippen LogP contribution >= 0.6 is 7.82 Å². The van der Waals surface area contributed by atoms with Gasteiger partial charge in [0.1, 0.15) is 13.2 Å². The lowest BCUT2D eigenvalue weighted by atomic mass is 10.1. The minimum Gasteiger partial charge on any atom is -0.756 e. The van der Waals surface area contributed by atoms with Crippen molar-refractivity contribution in [2.75, 3.05) is 40.9 Å². The summed E-state index contributed by atoms with van der Waals surface area (Å²) < 4.78 is 22.9. The Bertz CT molecular complexity index is 779. The number of likely N-dealkylation sites (N-methyl/N-ethyl adjacent to an activating group) is 1. The summed E-state index contributed by atoms with van der Waals surface area (Å²) >= 11 is 0. The van der Waals surface area contributed by atoms with Crippen LogP contribution in [0.15, 0.2) is 36.5 Å². The van der Waals surface area contributed by atoms with Crippen molar-refractivity contribution in [2.45, 2.75) is 122 Å². The summed E-state index contributed by atoms with van der Waals surface area (Å²) in [7, 11) is 1.22. The van der Waals surface area contributed by atoms with E-state index in [9.17, 15) is 19.4 Å². The van der Waals surface area contributed by atoms with Crippen LogP contribution in [0.4, 0.5) is 0 Å². The third-order valence-corrected chi connectivity index (χ3v) is 7.54. The fourth-order valence-electron chi connectivity index (χ4n) is 3.91. The molecule has 41 heavy (non-hydrogen) atoms. The topological polar surface area (TPSA) is 108 Å². The number of carbonyl (C=O) groups is 1. The Balaban J connectivity index is 4.74. The van der Waals surface area contributed by atoms with Gasteiger partial charge < -0.3 is 28.8 Å². The molecular formula is C32H61N2O6P. The Morgan fingerprint density at radius 3 is 2.02 bits per heavy atom. The molecule has 0 fully saturated rings. The van der Waals surface area contributed by atoms with Crippen LogP contribution in [0.5, 0.6) is 0 Å². The SMILES string of the molecule is CCCC/C=C\CCCCCCC(=O)NC(COP(=O)([O-])OCC[N+](C)(C)C)C(O)/C=C/CC/C=C/CCCCC. The van der Waals surface area contributed by atoms with Crippen molar-refractivity contribution in [1.29, 1.82) is 0 Å². The third kappa shape index (κ3) is 27.3. The largest absolute Gasteiger partial charge is 0.756 e. The van der Waals surface area contributed by atoms with Crippen LogP contribution in [-0.4, -0.2) is 68.5 Å². The minimum absolute atomic E-state index is 0.00967. The number of carbonyl (C=O) groups excluding carboxylic acids is 1. The maximum absolute atomic E-state index is 12.6. The molecule has 0 heterocycles. The molecule has 9 heteroatoms. The van der Waals surface area contributed by atoms with Crippen molar-refractivity contribution in [3.05, 3.63) is 36.5 Å². The van der Waals surface area contributed by atoms with E-state index in [0.717, 1.165) is 57.8 Å². The molecule has 8 nitrogen and oxygen atoms in total. The molecular weight excluding hydrogens is 539 g/mol. The molecule has 240 valence electrons. The quantitative estimate of drug-likeness (QED) is 0.0476. The van der Waals surface area contributed by atoms with E-state index in [2.05, 4.69) is 43.5 Å². The van der Waals surface area contributed by atoms with E-state index in [4.69, 9.17) is 9.05 Å². The average molecular weight is 601 g/mol. The normalized spacial score (nSPS) is 15.6. The Kier molecular flexibility index (Phi) is 24.5. The van der Waals surface area contributed by atoms with Gasteiger partial charge in [0.15, 0.2) is 0 Å². The molecule has 0 aromatic rings. The highest BCUT2D eigenvalue weighted by Gasteiger charge is 2.23. The van der Waals surface area contributed by atoms with Gasteiger partial charge in [-0.15, -0.1) is 0 Å². The molecule has 0 spiro atoms. The molecule has 0 aromatic heterocycles. The molecule has 0 aromatic carbocycles. The number of rotatable bonds is 27. The second kappa shape index (κ2) is 25.2. The first kappa shape index (κ1) is 39.7. The molecule has 2 N–H and O–H groups in total. The van der Waals surface area contributed by atoms with Crippen molar-refractivity contribution in [1.82, 2.24) is 5.32 Å². The summed E-state index contributed by atoms with van der Waals surface area (Å²) in [4.78, 5) is 24.9. The lowest BCUT2D eigenvalue weighted by Gasteiger charge is -2.29. The van der Waals surface area contributed by atoms with Crippen molar-refractivity contribution >= 4 is 13.7 Å². The first-order chi connectivity index (χ1) is 19.5. The van der Waals surface area contributed by atoms with Crippen molar-refractivity contribution in [2.24, 2.45) is 0 Å². The van der Waals surface area contributed by atoms with E-state index in [1.165, 1.54) is 32.1 Å². The minimum atomic E-state index is -4.58. The second-order valence-electron chi connectivity index (χ2n) is 11.8. The zero-order valence-corrected chi connectivity index (χ0v) is 27.6. The molecule has 1 amide bonds. The lowest BCUT2D eigenvalue weighted by Crippen LogP contribution is -2.45. The van der Waals surface area contributed by atoms with E-state index in [-0.39, 0.29) is 12.5 Å². The van der Waals surface area contributed by atoms with Crippen molar-refractivity contribution < 1.29 is 32.9 Å². The standard InChI is InChI=1S/C32H61N2O6P/c1-6-8-10-12-14-16-18-20-22-24-26-32(36)33-30(29-40-41(37,38)39-28-27-34(3,4)5)31(35)25-23-21-19-17-15-13-11-9-7-2/h12,14-15,17,23,25,30-31,35H,6-11,13,16,18-22,24,26-29H2,1-5H3,(H-,33,36,37,38)/b14-12-,17-15+,25-23+. The van der Waals surface area contributed by atoms with Gasteiger partial charge in [-0.1, -0.05) is 88.8 Å². The Morgan fingerprint density at radius 2 is 1.39 bits per heavy atom. The maximum atomic E-state index is 12.6. The molecule has 0 aliphatic rings.